The van der Waals surface area contributed by atoms with E-state index in [0.29, 0.717) is 43.3 Å². The summed E-state index contributed by atoms with van der Waals surface area (Å²) >= 11 is 0. The molecule has 27 heavy (non-hydrogen) atoms. The number of amides is 1. The van der Waals surface area contributed by atoms with Gasteiger partial charge >= 0.3 is 5.97 Å². The number of carbonyl (C=O) groups is 2. The fourth-order valence-electron chi connectivity index (χ4n) is 3.08. The smallest absolute Gasteiger partial charge is 0.310 e. The summed E-state index contributed by atoms with van der Waals surface area (Å²) in [6.45, 7) is 2.15. The highest BCUT2D eigenvalue weighted by molar-refractivity contribution is 5.98. The molecule has 1 aliphatic heterocycles. The van der Waals surface area contributed by atoms with E-state index in [1.54, 1.807) is 19.2 Å². The molecule has 1 amide bonds. The summed E-state index contributed by atoms with van der Waals surface area (Å²) in [5.41, 5.74) is 2.08. The lowest BCUT2D eigenvalue weighted by molar-refractivity contribution is -0.143. The Morgan fingerprint density at radius 1 is 1.44 bits per heavy atom. The van der Waals surface area contributed by atoms with Gasteiger partial charge in [0, 0.05) is 39.4 Å². The maximum atomic E-state index is 12.9. The number of ether oxygens (including phenoxy) is 2. The number of hydrogen-bond donors (Lipinski definition) is 2. The van der Waals surface area contributed by atoms with Crippen LogP contribution in [0.15, 0.2) is 18.2 Å². The summed E-state index contributed by atoms with van der Waals surface area (Å²) in [6.07, 6.45) is 0. The zero-order valence-corrected chi connectivity index (χ0v) is 15.5. The highest BCUT2D eigenvalue weighted by Gasteiger charge is 2.28. The average molecular weight is 376 g/mol. The number of aromatic nitrogens is 2. The summed E-state index contributed by atoms with van der Waals surface area (Å²) in [5, 5.41) is 12.4. The lowest BCUT2D eigenvalue weighted by atomic mass is 10.1. The van der Waals surface area contributed by atoms with Crippen molar-refractivity contribution in [3.05, 3.63) is 23.8 Å². The van der Waals surface area contributed by atoms with E-state index in [4.69, 9.17) is 9.47 Å². The second-order valence-corrected chi connectivity index (χ2v) is 6.48. The van der Waals surface area contributed by atoms with Crippen LogP contribution in [-0.2, 0) is 21.3 Å². The van der Waals surface area contributed by atoms with E-state index in [1.807, 2.05) is 17.7 Å². The van der Waals surface area contributed by atoms with Gasteiger partial charge in [-0.25, -0.2) is 4.98 Å². The molecule has 2 heterocycles. The first-order chi connectivity index (χ1) is 13.0. The monoisotopic (exact) mass is 376 g/mol. The molecule has 9 heteroatoms. The first-order valence-electron chi connectivity index (χ1n) is 8.80. The minimum atomic E-state index is -0.957. The summed E-state index contributed by atoms with van der Waals surface area (Å²) in [6, 6.07) is 5.33. The molecule has 1 aliphatic rings. The number of anilines is 1. The Balaban J connectivity index is 1.81. The Bertz CT molecular complexity index is 835. The van der Waals surface area contributed by atoms with E-state index < -0.39 is 11.9 Å². The van der Waals surface area contributed by atoms with Crippen molar-refractivity contribution in [1.29, 1.82) is 0 Å². The van der Waals surface area contributed by atoms with Crippen LogP contribution in [0.1, 0.15) is 10.4 Å². The molecule has 1 fully saturated rings. The van der Waals surface area contributed by atoms with Crippen LogP contribution in [0.4, 0.5) is 5.95 Å². The molecule has 3 rings (SSSR count). The molecule has 0 spiro atoms. The summed E-state index contributed by atoms with van der Waals surface area (Å²) in [4.78, 5) is 30.2. The van der Waals surface area contributed by atoms with E-state index in [-0.39, 0.29) is 19.1 Å². The van der Waals surface area contributed by atoms with Gasteiger partial charge in [0.1, 0.15) is 0 Å². The summed E-state index contributed by atoms with van der Waals surface area (Å²) in [5.74, 6) is -1.19. The molecule has 0 bridgehead atoms. The standard InChI is InChI=1S/C18H24N4O5/c1-21-15-4-3-12(9-14(15)20-18(21)19-5-7-26-2)16(23)22-6-8-27-11-13(10-22)17(24)25/h3-4,9,13H,5-8,10-11H2,1-2H3,(H,19,20)(H,24,25). The van der Waals surface area contributed by atoms with Crippen LogP contribution < -0.4 is 5.32 Å². The van der Waals surface area contributed by atoms with Gasteiger partial charge in [-0.05, 0) is 18.2 Å². The molecular weight excluding hydrogens is 352 g/mol. The second kappa shape index (κ2) is 8.36. The van der Waals surface area contributed by atoms with Crippen molar-refractivity contribution < 1.29 is 24.2 Å². The molecular formula is C18H24N4O5. The summed E-state index contributed by atoms with van der Waals surface area (Å²) < 4.78 is 12.3. The van der Waals surface area contributed by atoms with Crippen molar-refractivity contribution >= 4 is 28.9 Å². The minimum absolute atomic E-state index is 0.120. The van der Waals surface area contributed by atoms with Gasteiger partial charge in [-0.1, -0.05) is 0 Å². The molecule has 0 radical (unpaired) electrons. The molecule has 1 aromatic carbocycles. The third-order valence-corrected chi connectivity index (χ3v) is 4.62. The molecule has 0 aliphatic carbocycles. The SMILES string of the molecule is COCCNc1nc2cc(C(=O)N3CCOCC(C(=O)O)C3)ccc2n1C. The quantitative estimate of drug-likeness (QED) is 0.719. The lowest BCUT2D eigenvalue weighted by Gasteiger charge is -2.21. The number of nitrogens with one attached hydrogen (secondary N) is 1. The van der Waals surface area contributed by atoms with Crippen LogP contribution in [0.5, 0.6) is 0 Å². The number of aliphatic carboxylic acids is 1. The van der Waals surface area contributed by atoms with Gasteiger partial charge in [-0.15, -0.1) is 0 Å². The Kier molecular flexibility index (Phi) is 5.92. The molecule has 1 saturated heterocycles. The van der Waals surface area contributed by atoms with Crippen molar-refractivity contribution in [3.63, 3.8) is 0 Å². The van der Waals surface area contributed by atoms with Gasteiger partial charge in [-0.3, -0.25) is 9.59 Å². The number of fused-ring (bicyclic) bond motifs is 1. The lowest BCUT2D eigenvalue weighted by Crippen LogP contribution is -2.38. The van der Waals surface area contributed by atoms with E-state index >= 15 is 0 Å². The van der Waals surface area contributed by atoms with Crippen molar-refractivity contribution in [2.75, 3.05) is 51.9 Å². The second-order valence-electron chi connectivity index (χ2n) is 6.48. The highest BCUT2D eigenvalue weighted by Crippen LogP contribution is 2.21. The number of carbonyl (C=O) groups excluding carboxylic acids is 1. The third kappa shape index (κ3) is 4.20. The number of carboxylic acid groups (broad SMARTS) is 1. The Morgan fingerprint density at radius 3 is 3.00 bits per heavy atom. The van der Waals surface area contributed by atoms with Crippen molar-refractivity contribution in [2.24, 2.45) is 13.0 Å². The Hall–Kier alpha value is -2.65. The van der Waals surface area contributed by atoms with Gasteiger partial charge in [0.15, 0.2) is 0 Å². The molecule has 1 atom stereocenters. The Morgan fingerprint density at radius 2 is 2.26 bits per heavy atom. The van der Waals surface area contributed by atoms with Crippen LogP contribution >= 0.6 is 0 Å². The number of methoxy groups -OCH3 is 1. The predicted octanol–water partition coefficient (Wildman–Crippen LogP) is 0.805. The van der Waals surface area contributed by atoms with E-state index in [1.165, 1.54) is 4.90 Å². The van der Waals surface area contributed by atoms with E-state index in [9.17, 15) is 14.7 Å². The molecule has 1 unspecified atom stereocenters. The number of nitrogens with zero attached hydrogens (tertiary/aromatic N) is 3. The largest absolute Gasteiger partial charge is 0.481 e. The third-order valence-electron chi connectivity index (χ3n) is 4.62. The number of rotatable bonds is 6. The zero-order valence-electron chi connectivity index (χ0n) is 15.5. The predicted molar refractivity (Wildman–Crippen MR) is 98.9 cm³/mol. The van der Waals surface area contributed by atoms with Gasteiger partial charge in [0.25, 0.3) is 5.91 Å². The minimum Gasteiger partial charge on any atom is -0.481 e. The van der Waals surface area contributed by atoms with Crippen molar-refractivity contribution in [1.82, 2.24) is 14.5 Å². The summed E-state index contributed by atoms with van der Waals surface area (Å²) in [7, 11) is 3.53. The average Bonchev–Trinajstić information content (AvgIpc) is 2.84. The number of aryl methyl sites for hydroxylation is 1. The van der Waals surface area contributed by atoms with Crippen LogP contribution in [0, 0.1) is 5.92 Å². The molecule has 2 aromatic rings. The number of hydrogen-bond acceptors (Lipinski definition) is 6. The number of imidazole rings is 1. The highest BCUT2D eigenvalue weighted by atomic mass is 16.5. The maximum absolute atomic E-state index is 12.9. The van der Waals surface area contributed by atoms with Gasteiger partial charge < -0.3 is 29.4 Å². The first-order valence-corrected chi connectivity index (χ1v) is 8.80. The maximum Gasteiger partial charge on any atom is 0.310 e. The fourth-order valence-corrected chi connectivity index (χ4v) is 3.08. The van der Waals surface area contributed by atoms with Crippen LogP contribution in [0.25, 0.3) is 11.0 Å². The van der Waals surface area contributed by atoms with Gasteiger partial charge in [0.2, 0.25) is 5.95 Å². The van der Waals surface area contributed by atoms with E-state index in [2.05, 4.69) is 10.3 Å². The zero-order chi connectivity index (χ0) is 19.4. The Labute approximate surface area is 156 Å². The van der Waals surface area contributed by atoms with Crippen molar-refractivity contribution in [3.8, 4) is 0 Å². The normalized spacial score (nSPS) is 17.7. The number of carboxylic acids is 1. The molecule has 9 nitrogen and oxygen atoms in total. The van der Waals surface area contributed by atoms with Crippen LogP contribution in [0.3, 0.4) is 0 Å². The van der Waals surface area contributed by atoms with Gasteiger partial charge in [-0.2, -0.15) is 0 Å². The molecule has 0 saturated carbocycles. The number of benzene rings is 1. The van der Waals surface area contributed by atoms with Crippen LogP contribution in [-0.4, -0.2) is 78.0 Å². The van der Waals surface area contributed by atoms with Crippen molar-refractivity contribution in [2.45, 2.75) is 0 Å². The fraction of sp³-hybridized carbons (Fsp3) is 0.500. The molecule has 146 valence electrons. The van der Waals surface area contributed by atoms with Gasteiger partial charge in [0.05, 0.1) is 36.8 Å². The van der Waals surface area contributed by atoms with E-state index in [0.717, 1.165) is 5.52 Å². The first kappa shape index (κ1) is 19.1. The molecule has 1 aromatic heterocycles. The topological polar surface area (TPSA) is 106 Å². The van der Waals surface area contributed by atoms with Crippen LogP contribution in [0.2, 0.25) is 0 Å². The molecule has 2 N–H and O–H groups in total.